The molecule has 90 valence electrons. The zero-order valence-corrected chi connectivity index (χ0v) is 10.6. The second kappa shape index (κ2) is 4.58. The SMILES string of the molecule is Cc1[nH]cnc1CNC1CCCCC1(C)C. The summed E-state index contributed by atoms with van der Waals surface area (Å²) in [6, 6.07) is 0.636. The molecule has 0 saturated heterocycles. The number of imidazole rings is 1. The molecule has 0 aliphatic heterocycles. The third kappa shape index (κ3) is 2.46. The highest BCUT2D eigenvalue weighted by Gasteiger charge is 2.31. The summed E-state index contributed by atoms with van der Waals surface area (Å²) in [5.74, 6) is 0. The molecule has 0 amide bonds. The third-order valence-electron chi connectivity index (χ3n) is 3.96. The minimum atomic E-state index is 0.433. The fourth-order valence-electron chi connectivity index (χ4n) is 2.66. The van der Waals surface area contributed by atoms with Crippen molar-refractivity contribution in [1.82, 2.24) is 15.3 Å². The van der Waals surface area contributed by atoms with Gasteiger partial charge >= 0.3 is 0 Å². The Morgan fingerprint density at radius 1 is 1.50 bits per heavy atom. The van der Waals surface area contributed by atoms with E-state index in [2.05, 4.69) is 36.1 Å². The predicted molar refractivity (Wildman–Crippen MR) is 66.2 cm³/mol. The van der Waals surface area contributed by atoms with Crippen LogP contribution in [0, 0.1) is 12.3 Å². The average Bonchev–Trinajstić information content (AvgIpc) is 2.62. The number of nitrogens with one attached hydrogen (secondary N) is 2. The van der Waals surface area contributed by atoms with Crippen molar-refractivity contribution in [2.24, 2.45) is 5.41 Å². The number of aromatic nitrogens is 2. The maximum absolute atomic E-state index is 4.33. The van der Waals surface area contributed by atoms with Crippen molar-refractivity contribution >= 4 is 0 Å². The van der Waals surface area contributed by atoms with E-state index in [-0.39, 0.29) is 0 Å². The Hall–Kier alpha value is -0.830. The number of rotatable bonds is 3. The summed E-state index contributed by atoms with van der Waals surface area (Å²) < 4.78 is 0. The van der Waals surface area contributed by atoms with Gasteiger partial charge in [-0.25, -0.2) is 4.98 Å². The van der Waals surface area contributed by atoms with Gasteiger partial charge in [-0.2, -0.15) is 0 Å². The van der Waals surface area contributed by atoms with Gasteiger partial charge in [-0.1, -0.05) is 26.7 Å². The molecule has 3 nitrogen and oxygen atoms in total. The van der Waals surface area contributed by atoms with Gasteiger partial charge in [0.1, 0.15) is 0 Å². The number of aryl methyl sites for hydroxylation is 1. The first kappa shape index (κ1) is 11.6. The third-order valence-corrected chi connectivity index (χ3v) is 3.96. The van der Waals surface area contributed by atoms with Gasteiger partial charge in [0.05, 0.1) is 12.0 Å². The summed E-state index contributed by atoms with van der Waals surface area (Å²) in [6.07, 6.45) is 7.16. The highest BCUT2D eigenvalue weighted by Crippen LogP contribution is 2.35. The molecule has 3 heteroatoms. The van der Waals surface area contributed by atoms with Crippen molar-refractivity contribution in [1.29, 1.82) is 0 Å². The predicted octanol–water partition coefficient (Wildman–Crippen LogP) is 2.78. The van der Waals surface area contributed by atoms with Crippen LogP contribution in [-0.2, 0) is 6.54 Å². The molecular weight excluding hydrogens is 198 g/mol. The summed E-state index contributed by atoms with van der Waals surface area (Å²) in [5, 5.41) is 3.67. The first-order valence-electron chi connectivity index (χ1n) is 6.32. The minimum absolute atomic E-state index is 0.433. The molecule has 1 aromatic heterocycles. The van der Waals surface area contributed by atoms with Crippen LogP contribution in [0.2, 0.25) is 0 Å². The first-order chi connectivity index (χ1) is 7.59. The molecule has 0 radical (unpaired) electrons. The molecule has 1 aliphatic carbocycles. The van der Waals surface area contributed by atoms with E-state index in [0.717, 1.165) is 12.2 Å². The fraction of sp³-hybridized carbons (Fsp3) is 0.769. The Balaban J connectivity index is 1.92. The zero-order chi connectivity index (χ0) is 11.6. The van der Waals surface area contributed by atoms with E-state index in [1.807, 2.05) is 0 Å². The fourth-order valence-corrected chi connectivity index (χ4v) is 2.66. The van der Waals surface area contributed by atoms with Crippen molar-refractivity contribution in [3.63, 3.8) is 0 Å². The van der Waals surface area contributed by atoms with Gasteiger partial charge in [0.15, 0.2) is 0 Å². The van der Waals surface area contributed by atoms with Gasteiger partial charge in [0.2, 0.25) is 0 Å². The molecule has 1 aliphatic rings. The average molecular weight is 221 g/mol. The van der Waals surface area contributed by atoms with Crippen LogP contribution in [0.5, 0.6) is 0 Å². The maximum atomic E-state index is 4.33. The van der Waals surface area contributed by atoms with E-state index in [1.165, 1.54) is 31.4 Å². The van der Waals surface area contributed by atoms with Gasteiger partial charge in [-0.05, 0) is 25.2 Å². The molecule has 0 bridgehead atoms. The number of aromatic amines is 1. The first-order valence-corrected chi connectivity index (χ1v) is 6.32. The molecule has 2 N–H and O–H groups in total. The smallest absolute Gasteiger partial charge is 0.0925 e. The number of hydrogen-bond donors (Lipinski definition) is 2. The van der Waals surface area contributed by atoms with Gasteiger partial charge in [-0.15, -0.1) is 0 Å². The van der Waals surface area contributed by atoms with Crippen LogP contribution in [0.1, 0.15) is 50.9 Å². The van der Waals surface area contributed by atoms with Crippen LogP contribution in [-0.4, -0.2) is 16.0 Å². The van der Waals surface area contributed by atoms with Crippen molar-refractivity contribution in [2.75, 3.05) is 0 Å². The second-order valence-corrected chi connectivity index (χ2v) is 5.64. The molecule has 0 aromatic carbocycles. The standard InChI is InChI=1S/C13H23N3/c1-10-11(16-9-15-10)8-14-12-6-4-5-7-13(12,2)3/h9,12,14H,4-8H2,1-3H3,(H,15,16). The summed E-state index contributed by atoms with van der Waals surface area (Å²) >= 11 is 0. The Labute approximate surface area is 98.1 Å². The van der Waals surface area contributed by atoms with Crippen molar-refractivity contribution in [3.8, 4) is 0 Å². The van der Waals surface area contributed by atoms with E-state index in [1.54, 1.807) is 6.33 Å². The largest absolute Gasteiger partial charge is 0.348 e. The molecule has 1 heterocycles. The van der Waals surface area contributed by atoms with Crippen molar-refractivity contribution in [2.45, 2.75) is 59.0 Å². The lowest BCUT2D eigenvalue weighted by Gasteiger charge is -2.39. The Bertz CT molecular complexity index is 341. The van der Waals surface area contributed by atoms with Crippen molar-refractivity contribution < 1.29 is 0 Å². The molecule has 2 rings (SSSR count). The van der Waals surface area contributed by atoms with Gasteiger partial charge in [0.25, 0.3) is 0 Å². The summed E-state index contributed by atoms with van der Waals surface area (Å²) in [5.41, 5.74) is 2.77. The molecule has 1 unspecified atom stereocenters. The lowest BCUT2D eigenvalue weighted by molar-refractivity contribution is 0.166. The van der Waals surface area contributed by atoms with E-state index in [4.69, 9.17) is 0 Å². The van der Waals surface area contributed by atoms with Gasteiger partial charge in [-0.3, -0.25) is 0 Å². The topological polar surface area (TPSA) is 40.7 Å². The van der Waals surface area contributed by atoms with Crippen LogP contribution < -0.4 is 5.32 Å². The van der Waals surface area contributed by atoms with E-state index >= 15 is 0 Å². The molecule has 1 fully saturated rings. The highest BCUT2D eigenvalue weighted by atomic mass is 15.0. The monoisotopic (exact) mass is 221 g/mol. The number of hydrogen-bond acceptors (Lipinski definition) is 2. The number of nitrogens with zero attached hydrogens (tertiary/aromatic N) is 1. The van der Waals surface area contributed by atoms with Gasteiger partial charge < -0.3 is 10.3 Å². The second-order valence-electron chi connectivity index (χ2n) is 5.64. The van der Waals surface area contributed by atoms with Crippen LogP contribution in [0.4, 0.5) is 0 Å². The van der Waals surface area contributed by atoms with Crippen LogP contribution in [0.15, 0.2) is 6.33 Å². The molecule has 16 heavy (non-hydrogen) atoms. The zero-order valence-electron chi connectivity index (χ0n) is 10.6. The Morgan fingerprint density at radius 3 is 2.94 bits per heavy atom. The Morgan fingerprint density at radius 2 is 2.31 bits per heavy atom. The quantitative estimate of drug-likeness (QED) is 0.824. The van der Waals surface area contributed by atoms with E-state index in [9.17, 15) is 0 Å². The molecular formula is C13H23N3. The lowest BCUT2D eigenvalue weighted by atomic mass is 9.73. The van der Waals surface area contributed by atoms with Crippen molar-refractivity contribution in [3.05, 3.63) is 17.7 Å². The molecule has 0 spiro atoms. The van der Waals surface area contributed by atoms with Gasteiger partial charge in [0, 0.05) is 18.3 Å². The normalized spacial score (nSPS) is 24.6. The number of H-pyrrole nitrogens is 1. The summed E-state index contributed by atoms with van der Waals surface area (Å²) in [4.78, 5) is 7.46. The summed E-state index contributed by atoms with van der Waals surface area (Å²) in [6.45, 7) is 7.72. The lowest BCUT2D eigenvalue weighted by Crippen LogP contribution is -2.43. The summed E-state index contributed by atoms with van der Waals surface area (Å²) in [7, 11) is 0. The molecule has 1 atom stereocenters. The van der Waals surface area contributed by atoms with E-state index in [0.29, 0.717) is 11.5 Å². The van der Waals surface area contributed by atoms with Crippen LogP contribution in [0.3, 0.4) is 0 Å². The Kier molecular flexibility index (Phi) is 3.33. The molecule has 1 aromatic rings. The highest BCUT2D eigenvalue weighted by molar-refractivity contribution is 5.08. The maximum Gasteiger partial charge on any atom is 0.0925 e. The van der Waals surface area contributed by atoms with Crippen LogP contribution >= 0.6 is 0 Å². The molecule has 1 saturated carbocycles. The van der Waals surface area contributed by atoms with Crippen LogP contribution in [0.25, 0.3) is 0 Å². The van der Waals surface area contributed by atoms with E-state index < -0.39 is 0 Å². The minimum Gasteiger partial charge on any atom is -0.348 e.